The van der Waals surface area contributed by atoms with E-state index in [-0.39, 0.29) is 5.91 Å². The molecule has 29 heavy (non-hydrogen) atoms. The Morgan fingerprint density at radius 3 is 2.62 bits per heavy atom. The van der Waals surface area contributed by atoms with Crippen molar-refractivity contribution in [3.8, 4) is 22.1 Å². The van der Waals surface area contributed by atoms with Crippen molar-refractivity contribution in [2.24, 2.45) is 0 Å². The number of thiazole rings is 1. The molecule has 3 aromatic rings. The van der Waals surface area contributed by atoms with Crippen molar-refractivity contribution in [2.45, 2.75) is 13.5 Å². The van der Waals surface area contributed by atoms with Crippen LogP contribution in [0.25, 0.3) is 10.6 Å². The summed E-state index contributed by atoms with van der Waals surface area (Å²) in [5.74, 6) is 1.95. The van der Waals surface area contributed by atoms with E-state index < -0.39 is 0 Å². The standard InChI is InChI=1S/C21H24N4O3S/c1-13-18(20(26)23-12-15-7-6-10-22-19(15)25(2)3)29-21(24-13)14-8-9-16(27-4)17(11-14)28-5/h6-11H,12H2,1-5H3,(H,23,26). The van der Waals surface area contributed by atoms with Gasteiger partial charge in [0.2, 0.25) is 0 Å². The molecule has 0 spiro atoms. The minimum Gasteiger partial charge on any atom is -0.493 e. The van der Waals surface area contributed by atoms with Gasteiger partial charge in [-0.1, -0.05) is 6.07 Å². The number of rotatable bonds is 7. The molecular formula is C21H24N4O3S. The average Bonchev–Trinajstić information content (AvgIpc) is 3.13. The average molecular weight is 413 g/mol. The maximum atomic E-state index is 12.8. The summed E-state index contributed by atoms with van der Waals surface area (Å²) < 4.78 is 10.6. The maximum absolute atomic E-state index is 12.8. The lowest BCUT2D eigenvalue weighted by Crippen LogP contribution is -2.24. The monoisotopic (exact) mass is 412 g/mol. The Morgan fingerprint density at radius 1 is 1.17 bits per heavy atom. The van der Waals surface area contributed by atoms with Gasteiger partial charge in [-0.3, -0.25) is 4.79 Å². The number of amides is 1. The van der Waals surface area contributed by atoms with E-state index in [1.807, 2.05) is 56.3 Å². The first-order valence-corrected chi connectivity index (χ1v) is 9.85. The van der Waals surface area contributed by atoms with Crippen LogP contribution in [0.4, 0.5) is 5.82 Å². The molecule has 0 saturated heterocycles. The Balaban J connectivity index is 1.79. The molecule has 3 rings (SSSR count). The maximum Gasteiger partial charge on any atom is 0.263 e. The molecule has 0 bridgehead atoms. The van der Waals surface area contributed by atoms with Gasteiger partial charge < -0.3 is 19.7 Å². The molecule has 0 atom stereocenters. The highest BCUT2D eigenvalue weighted by molar-refractivity contribution is 7.17. The Morgan fingerprint density at radius 2 is 1.93 bits per heavy atom. The van der Waals surface area contributed by atoms with Crippen LogP contribution in [0.5, 0.6) is 11.5 Å². The van der Waals surface area contributed by atoms with E-state index >= 15 is 0 Å². The van der Waals surface area contributed by atoms with Crippen molar-refractivity contribution in [3.63, 3.8) is 0 Å². The number of anilines is 1. The minimum atomic E-state index is -0.153. The third-order valence-corrected chi connectivity index (χ3v) is 5.57. The highest BCUT2D eigenvalue weighted by Crippen LogP contribution is 2.35. The summed E-state index contributed by atoms with van der Waals surface area (Å²) >= 11 is 1.35. The molecule has 0 unspecified atom stereocenters. The second-order valence-corrected chi connectivity index (χ2v) is 7.57. The van der Waals surface area contributed by atoms with Crippen LogP contribution in [0.3, 0.4) is 0 Å². The lowest BCUT2D eigenvalue weighted by Gasteiger charge is -2.15. The number of hydrogen-bond acceptors (Lipinski definition) is 7. The van der Waals surface area contributed by atoms with Gasteiger partial charge in [-0.15, -0.1) is 11.3 Å². The van der Waals surface area contributed by atoms with E-state index in [1.165, 1.54) is 11.3 Å². The molecule has 1 N–H and O–H groups in total. The molecule has 0 aliphatic carbocycles. The molecule has 0 radical (unpaired) electrons. The summed E-state index contributed by atoms with van der Waals surface area (Å²) in [4.78, 5) is 24.2. The molecule has 0 aliphatic rings. The van der Waals surface area contributed by atoms with Crippen molar-refractivity contribution in [3.05, 3.63) is 52.7 Å². The highest BCUT2D eigenvalue weighted by Gasteiger charge is 2.18. The Hall–Kier alpha value is -3.13. The predicted octanol–water partition coefficient (Wildman–Crippen LogP) is 3.53. The van der Waals surface area contributed by atoms with Gasteiger partial charge in [0.15, 0.2) is 11.5 Å². The van der Waals surface area contributed by atoms with Gasteiger partial charge in [0.25, 0.3) is 5.91 Å². The third-order valence-electron chi connectivity index (χ3n) is 4.36. The summed E-state index contributed by atoms with van der Waals surface area (Å²) in [6.45, 7) is 2.23. The van der Waals surface area contributed by atoms with Crippen LogP contribution in [0, 0.1) is 6.92 Å². The number of pyridine rings is 1. The van der Waals surface area contributed by atoms with E-state index in [1.54, 1.807) is 20.4 Å². The van der Waals surface area contributed by atoms with Crippen molar-refractivity contribution >= 4 is 23.1 Å². The predicted molar refractivity (Wildman–Crippen MR) is 115 cm³/mol. The molecule has 0 fully saturated rings. The zero-order valence-corrected chi connectivity index (χ0v) is 18.0. The summed E-state index contributed by atoms with van der Waals surface area (Å²) in [6, 6.07) is 9.41. The minimum absolute atomic E-state index is 0.153. The van der Waals surface area contributed by atoms with Crippen molar-refractivity contribution in [1.29, 1.82) is 0 Å². The van der Waals surface area contributed by atoms with Crippen LogP contribution in [0.1, 0.15) is 20.9 Å². The van der Waals surface area contributed by atoms with E-state index in [4.69, 9.17) is 9.47 Å². The first-order valence-electron chi connectivity index (χ1n) is 9.03. The second kappa shape index (κ2) is 8.91. The molecule has 2 aromatic heterocycles. The van der Waals surface area contributed by atoms with E-state index in [9.17, 15) is 4.79 Å². The van der Waals surface area contributed by atoms with Crippen LogP contribution >= 0.6 is 11.3 Å². The van der Waals surface area contributed by atoms with Crippen LogP contribution in [0.15, 0.2) is 36.5 Å². The number of methoxy groups -OCH3 is 2. The molecule has 1 amide bonds. The van der Waals surface area contributed by atoms with Crippen molar-refractivity contribution in [2.75, 3.05) is 33.2 Å². The number of nitrogens with one attached hydrogen (secondary N) is 1. The number of aromatic nitrogens is 2. The van der Waals surface area contributed by atoms with Gasteiger partial charge in [-0.2, -0.15) is 0 Å². The second-order valence-electron chi connectivity index (χ2n) is 6.57. The van der Waals surface area contributed by atoms with Crippen LogP contribution in [-0.2, 0) is 6.54 Å². The van der Waals surface area contributed by atoms with Crippen LogP contribution in [0.2, 0.25) is 0 Å². The van der Waals surface area contributed by atoms with E-state index in [0.717, 1.165) is 22.0 Å². The zero-order chi connectivity index (χ0) is 21.0. The zero-order valence-electron chi connectivity index (χ0n) is 17.1. The number of carbonyl (C=O) groups is 1. The smallest absolute Gasteiger partial charge is 0.263 e. The Labute approximate surface area is 174 Å². The van der Waals surface area contributed by atoms with Gasteiger partial charge in [0, 0.05) is 38.0 Å². The SMILES string of the molecule is COc1ccc(-c2nc(C)c(C(=O)NCc3cccnc3N(C)C)s2)cc1OC. The molecule has 152 valence electrons. The molecule has 1 aromatic carbocycles. The van der Waals surface area contributed by atoms with Gasteiger partial charge in [0.05, 0.1) is 19.9 Å². The van der Waals surface area contributed by atoms with Gasteiger partial charge in [-0.05, 0) is 31.2 Å². The number of carbonyl (C=O) groups excluding carboxylic acids is 1. The summed E-state index contributed by atoms with van der Waals surface area (Å²) in [5.41, 5.74) is 2.52. The summed E-state index contributed by atoms with van der Waals surface area (Å²) in [6.07, 6.45) is 1.74. The number of hydrogen-bond donors (Lipinski definition) is 1. The Bertz CT molecular complexity index is 1020. The normalized spacial score (nSPS) is 10.5. The van der Waals surface area contributed by atoms with Gasteiger partial charge in [-0.25, -0.2) is 9.97 Å². The topological polar surface area (TPSA) is 76.6 Å². The highest BCUT2D eigenvalue weighted by atomic mass is 32.1. The largest absolute Gasteiger partial charge is 0.493 e. The molecule has 8 heteroatoms. The Kier molecular flexibility index (Phi) is 6.33. The molecular weight excluding hydrogens is 388 g/mol. The number of aryl methyl sites for hydroxylation is 1. The summed E-state index contributed by atoms with van der Waals surface area (Å²) in [7, 11) is 7.04. The molecule has 2 heterocycles. The first kappa shape index (κ1) is 20.6. The number of nitrogens with zero attached hydrogens (tertiary/aromatic N) is 3. The molecule has 7 nitrogen and oxygen atoms in total. The van der Waals surface area contributed by atoms with E-state index in [0.29, 0.717) is 28.6 Å². The third kappa shape index (κ3) is 4.48. The number of ether oxygens (including phenoxy) is 2. The van der Waals surface area contributed by atoms with E-state index in [2.05, 4.69) is 15.3 Å². The van der Waals surface area contributed by atoms with Gasteiger partial charge >= 0.3 is 0 Å². The molecule has 0 saturated carbocycles. The fourth-order valence-electron chi connectivity index (χ4n) is 2.93. The number of benzene rings is 1. The lowest BCUT2D eigenvalue weighted by atomic mass is 10.2. The fourth-order valence-corrected chi connectivity index (χ4v) is 3.91. The van der Waals surface area contributed by atoms with Crippen LogP contribution < -0.4 is 19.7 Å². The van der Waals surface area contributed by atoms with Crippen molar-refractivity contribution in [1.82, 2.24) is 15.3 Å². The van der Waals surface area contributed by atoms with Crippen LogP contribution in [-0.4, -0.2) is 44.2 Å². The fraction of sp³-hybridized carbons (Fsp3) is 0.286. The molecule has 0 aliphatic heterocycles. The quantitative estimate of drug-likeness (QED) is 0.640. The van der Waals surface area contributed by atoms with Gasteiger partial charge in [0.1, 0.15) is 15.7 Å². The lowest BCUT2D eigenvalue weighted by molar-refractivity contribution is 0.0954. The first-order chi connectivity index (χ1) is 13.9. The van der Waals surface area contributed by atoms with Crippen molar-refractivity contribution < 1.29 is 14.3 Å². The summed E-state index contributed by atoms with van der Waals surface area (Å²) in [5, 5.41) is 3.73.